The molecule has 1 heterocycles. The van der Waals surface area contributed by atoms with E-state index in [1.807, 2.05) is 48.5 Å². The van der Waals surface area contributed by atoms with Gasteiger partial charge in [0.2, 0.25) is 0 Å². The number of hydrogen-bond donors (Lipinski definition) is 0. The van der Waals surface area contributed by atoms with E-state index in [9.17, 15) is 9.59 Å². The van der Waals surface area contributed by atoms with Gasteiger partial charge in [-0.05, 0) is 26.0 Å². The zero-order valence-electron chi connectivity index (χ0n) is 14.2. The molecule has 1 aliphatic rings. The summed E-state index contributed by atoms with van der Waals surface area (Å²) in [5, 5.41) is 0. The van der Waals surface area contributed by atoms with Crippen molar-refractivity contribution in [1.29, 1.82) is 0 Å². The Morgan fingerprint density at radius 3 is 1.60 bits per heavy atom. The van der Waals surface area contributed by atoms with Gasteiger partial charge in [0.15, 0.2) is 5.41 Å². The third kappa shape index (κ3) is 3.56. The zero-order chi connectivity index (χ0) is 17.9. The van der Waals surface area contributed by atoms with Gasteiger partial charge in [-0.15, -0.1) is 0 Å². The Morgan fingerprint density at radius 2 is 1.16 bits per heavy atom. The summed E-state index contributed by atoms with van der Waals surface area (Å²) in [6.45, 7) is 3.13. The van der Waals surface area contributed by atoms with Crippen LogP contribution in [0.4, 0.5) is 0 Å². The number of carbonyl (C=O) groups is 2. The SMILES string of the molecule is CC1(C)C(=O)OCc2ccccc2C#Cc2ccccc2COC1=O. The fourth-order valence-electron chi connectivity index (χ4n) is 2.40. The lowest BCUT2D eigenvalue weighted by Crippen LogP contribution is -2.36. The minimum Gasteiger partial charge on any atom is -0.460 e. The van der Waals surface area contributed by atoms with Crippen molar-refractivity contribution in [1.82, 2.24) is 0 Å². The molecule has 25 heavy (non-hydrogen) atoms. The number of carbonyl (C=O) groups excluding carboxylic acids is 2. The Kier molecular flexibility index (Phi) is 4.58. The van der Waals surface area contributed by atoms with Crippen molar-refractivity contribution in [2.45, 2.75) is 27.1 Å². The van der Waals surface area contributed by atoms with Gasteiger partial charge in [0, 0.05) is 22.3 Å². The Hall–Kier alpha value is -3.06. The van der Waals surface area contributed by atoms with Crippen LogP contribution in [0.2, 0.25) is 0 Å². The maximum Gasteiger partial charge on any atom is 0.323 e. The fraction of sp³-hybridized carbons (Fsp3) is 0.238. The second-order valence-corrected chi connectivity index (χ2v) is 6.34. The van der Waals surface area contributed by atoms with Crippen LogP contribution >= 0.6 is 0 Å². The molecule has 2 aromatic rings. The van der Waals surface area contributed by atoms with Crippen molar-refractivity contribution in [2.75, 3.05) is 0 Å². The molecule has 4 heteroatoms. The molecule has 2 aromatic carbocycles. The van der Waals surface area contributed by atoms with Crippen LogP contribution in [-0.4, -0.2) is 11.9 Å². The van der Waals surface area contributed by atoms with Gasteiger partial charge in [0.25, 0.3) is 0 Å². The van der Waals surface area contributed by atoms with E-state index in [4.69, 9.17) is 9.47 Å². The van der Waals surface area contributed by atoms with Gasteiger partial charge in [-0.3, -0.25) is 9.59 Å². The van der Waals surface area contributed by atoms with Crippen LogP contribution in [0.1, 0.15) is 36.1 Å². The van der Waals surface area contributed by atoms with Crippen molar-refractivity contribution in [2.24, 2.45) is 5.41 Å². The van der Waals surface area contributed by atoms with Crippen molar-refractivity contribution in [3.8, 4) is 11.8 Å². The Labute approximate surface area is 146 Å². The summed E-state index contributed by atoms with van der Waals surface area (Å²) < 4.78 is 10.7. The van der Waals surface area contributed by atoms with E-state index in [1.165, 1.54) is 13.8 Å². The normalized spacial score (nSPS) is 16.4. The molecule has 0 saturated heterocycles. The first-order chi connectivity index (χ1) is 12.0. The van der Waals surface area contributed by atoms with Crippen LogP contribution in [0.5, 0.6) is 0 Å². The van der Waals surface area contributed by atoms with Crippen molar-refractivity contribution >= 4 is 11.9 Å². The molecule has 1 aliphatic heterocycles. The lowest BCUT2D eigenvalue weighted by Gasteiger charge is -2.21. The predicted octanol–water partition coefficient (Wildman–Crippen LogP) is 3.21. The summed E-state index contributed by atoms with van der Waals surface area (Å²) in [5.41, 5.74) is 1.79. The summed E-state index contributed by atoms with van der Waals surface area (Å²) in [4.78, 5) is 24.7. The van der Waals surface area contributed by atoms with Gasteiger partial charge in [0.1, 0.15) is 13.2 Å². The zero-order valence-corrected chi connectivity index (χ0v) is 14.2. The predicted molar refractivity (Wildman–Crippen MR) is 92.2 cm³/mol. The molecule has 0 unspecified atom stereocenters. The van der Waals surface area contributed by atoms with E-state index in [-0.39, 0.29) is 13.2 Å². The molecular formula is C21H18O4. The van der Waals surface area contributed by atoms with E-state index < -0.39 is 17.4 Å². The highest BCUT2D eigenvalue weighted by Crippen LogP contribution is 2.23. The maximum absolute atomic E-state index is 12.3. The number of benzene rings is 2. The number of hydrogen-bond acceptors (Lipinski definition) is 4. The van der Waals surface area contributed by atoms with Gasteiger partial charge < -0.3 is 9.47 Å². The molecule has 0 N–H and O–H groups in total. The summed E-state index contributed by atoms with van der Waals surface area (Å²) >= 11 is 0. The number of ether oxygens (including phenoxy) is 2. The van der Waals surface area contributed by atoms with Crippen LogP contribution in [0.25, 0.3) is 0 Å². The number of cyclic esters (lactones) is 2. The molecule has 0 aliphatic carbocycles. The van der Waals surface area contributed by atoms with Crippen LogP contribution in [0.3, 0.4) is 0 Å². The average Bonchev–Trinajstić information content (AvgIpc) is 2.63. The lowest BCUT2D eigenvalue weighted by atomic mass is 9.94. The topological polar surface area (TPSA) is 52.6 Å². The molecule has 126 valence electrons. The second-order valence-electron chi connectivity index (χ2n) is 6.34. The van der Waals surface area contributed by atoms with E-state index in [0.29, 0.717) is 0 Å². The largest absolute Gasteiger partial charge is 0.460 e. The highest BCUT2D eigenvalue weighted by Gasteiger charge is 2.39. The molecule has 0 amide bonds. The number of fused-ring (bicyclic) bond motifs is 2. The first-order valence-electron chi connectivity index (χ1n) is 8.01. The third-order valence-electron chi connectivity index (χ3n) is 4.10. The van der Waals surface area contributed by atoms with Crippen molar-refractivity contribution in [3.63, 3.8) is 0 Å². The molecule has 3 rings (SSSR count). The smallest absolute Gasteiger partial charge is 0.323 e. The van der Waals surface area contributed by atoms with E-state index >= 15 is 0 Å². The van der Waals surface area contributed by atoms with Crippen LogP contribution < -0.4 is 0 Å². The Morgan fingerprint density at radius 1 is 0.760 bits per heavy atom. The van der Waals surface area contributed by atoms with Gasteiger partial charge >= 0.3 is 11.9 Å². The summed E-state index contributed by atoms with van der Waals surface area (Å²) in [7, 11) is 0. The molecule has 0 fully saturated rings. The molecule has 0 aromatic heterocycles. The average molecular weight is 334 g/mol. The Bertz CT molecular complexity index is 815. The van der Waals surface area contributed by atoms with E-state index in [0.717, 1.165) is 22.3 Å². The lowest BCUT2D eigenvalue weighted by molar-refractivity contribution is -0.171. The van der Waals surface area contributed by atoms with Gasteiger partial charge in [-0.1, -0.05) is 48.2 Å². The second kappa shape index (κ2) is 6.82. The number of rotatable bonds is 0. The molecule has 0 radical (unpaired) electrons. The van der Waals surface area contributed by atoms with Gasteiger partial charge in [-0.2, -0.15) is 0 Å². The summed E-state index contributed by atoms with van der Waals surface area (Å²) in [5.74, 6) is 5.01. The van der Waals surface area contributed by atoms with E-state index in [1.54, 1.807) is 0 Å². The molecule has 0 atom stereocenters. The third-order valence-corrected chi connectivity index (χ3v) is 4.10. The molecule has 4 nitrogen and oxygen atoms in total. The molecule has 0 saturated carbocycles. The number of esters is 2. The Balaban J connectivity index is 2.07. The minimum absolute atomic E-state index is 0.0576. The molecular weight excluding hydrogens is 316 g/mol. The fourth-order valence-corrected chi connectivity index (χ4v) is 2.40. The standard InChI is InChI=1S/C21H18O4/c1-21(2)19(22)24-13-17-9-5-3-7-15(17)11-12-16-8-4-6-10-18(16)14-25-20(21)23/h3-10H,13-14H2,1-2H3. The van der Waals surface area contributed by atoms with Crippen molar-refractivity contribution in [3.05, 3.63) is 70.8 Å². The maximum atomic E-state index is 12.3. The summed E-state index contributed by atoms with van der Waals surface area (Å²) in [6, 6.07) is 15.0. The first-order valence-corrected chi connectivity index (χ1v) is 8.01. The van der Waals surface area contributed by atoms with Gasteiger partial charge in [-0.25, -0.2) is 0 Å². The molecule has 0 bridgehead atoms. The van der Waals surface area contributed by atoms with Gasteiger partial charge in [0.05, 0.1) is 0 Å². The van der Waals surface area contributed by atoms with Crippen LogP contribution in [0, 0.1) is 17.3 Å². The van der Waals surface area contributed by atoms with Crippen LogP contribution in [0.15, 0.2) is 48.5 Å². The van der Waals surface area contributed by atoms with E-state index in [2.05, 4.69) is 11.8 Å². The minimum atomic E-state index is -1.38. The molecule has 0 spiro atoms. The summed E-state index contributed by atoms with van der Waals surface area (Å²) in [6.07, 6.45) is 0. The van der Waals surface area contributed by atoms with Crippen LogP contribution in [-0.2, 0) is 32.3 Å². The first kappa shape index (κ1) is 16.8. The quantitative estimate of drug-likeness (QED) is 0.422. The highest BCUT2D eigenvalue weighted by molar-refractivity contribution is 5.99. The highest BCUT2D eigenvalue weighted by atomic mass is 16.6. The monoisotopic (exact) mass is 334 g/mol. The van der Waals surface area contributed by atoms with Crippen molar-refractivity contribution < 1.29 is 19.1 Å².